The van der Waals surface area contributed by atoms with Crippen LogP contribution < -0.4 is 0 Å². The number of esters is 1. The van der Waals surface area contributed by atoms with Crippen LogP contribution in [0.3, 0.4) is 0 Å². The van der Waals surface area contributed by atoms with Gasteiger partial charge in [0.25, 0.3) is 0 Å². The van der Waals surface area contributed by atoms with Crippen molar-refractivity contribution in [1.82, 2.24) is 0 Å². The Balaban J connectivity index is 3.78. The van der Waals surface area contributed by atoms with Gasteiger partial charge in [0.05, 0.1) is 6.61 Å². The summed E-state index contributed by atoms with van der Waals surface area (Å²) in [6.07, 6.45) is 0.811. The van der Waals surface area contributed by atoms with Crippen LogP contribution in [-0.2, 0) is 14.3 Å². The van der Waals surface area contributed by atoms with E-state index >= 15 is 0 Å². The van der Waals surface area contributed by atoms with Crippen LogP contribution in [0.15, 0.2) is 0 Å². The average Bonchev–Trinajstić information content (AvgIpc) is 2.13. The van der Waals surface area contributed by atoms with E-state index in [0.29, 0.717) is 19.4 Å². The molecular formula is C8H12Br2O4. The van der Waals surface area contributed by atoms with Gasteiger partial charge in [0, 0.05) is 0 Å². The first-order chi connectivity index (χ1) is 6.49. The summed E-state index contributed by atoms with van der Waals surface area (Å²) in [6, 6.07) is 0. The second-order valence-electron chi connectivity index (χ2n) is 2.60. The molecule has 0 saturated carbocycles. The van der Waals surface area contributed by atoms with Crippen molar-refractivity contribution in [2.75, 3.05) is 6.61 Å². The van der Waals surface area contributed by atoms with Gasteiger partial charge in [-0.3, -0.25) is 9.59 Å². The smallest absolute Gasteiger partial charge is 0.319 e. The van der Waals surface area contributed by atoms with Gasteiger partial charge in [0.15, 0.2) is 0 Å². The maximum absolute atomic E-state index is 11.1. The number of carbonyl (C=O) groups excluding carboxylic acids is 1. The molecule has 0 aromatic rings. The lowest BCUT2D eigenvalue weighted by atomic mass is 10.2. The number of alkyl halides is 2. The number of aliphatic carboxylic acids is 1. The second-order valence-corrected chi connectivity index (χ2v) is 4.81. The minimum Gasteiger partial charge on any atom is -0.480 e. The Hall–Kier alpha value is -0.100. The molecule has 6 heteroatoms. The standard InChI is InChI=1S/C8H12Br2O4/c1-2-14-8(13)6(10)4-3-5(9)7(11)12/h5-6H,2-4H2,1H3,(H,11,12). The number of hydrogen-bond donors (Lipinski definition) is 1. The lowest BCUT2D eigenvalue weighted by molar-refractivity contribution is -0.143. The van der Waals surface area contributed by atoms with E-state index in [-0.39, 0.29) is 5.97 Å². The zero-order valence-electron chi connectivity index (χ0n) is 7.70. The molecule has 0 aliphatic carbocycles. The fourth-order valence-corrected chi connectivity index (χ4v) is 1.43. The van der Waals surface area contributed by atoms with Crippen LogP contribution >= 0.6 is 31.9 Å². The summed E-state index contributed by atoms with van der Waals surface area (Å²) >= 11 is 6.12. The van der Waals surface area contributed by atoms with Crippen molar-refractivity contribution in [3.05, 3.63) is 0 Å². The van der Waals surface area contributed by atoms with Crippen molar-refractivity contribution >= 4 is 43.8 Å². The van der Waals surface area contributed by atoms with E-state index in [2.05, 4.69) is 31.9 Å². The molecule has 14 heavy (non-hydrogen) atoms. The van der Waals surface area contributed by atoms with Gasteiger partial charge in [0.2, 0.25) is 0 Å². The number of carboxylic acids is 1. The highest BCUT2D eigenvalue weighted by Crippen LogP contribution is 2.16. The summed E-state index contributed by atoms with van der Waals surface area (Å²) in [5.41, 5.74) is 0. The van der Waals surface area contributed by atoms with Gasteiger partial charge in [-0.2, -0.15) is 0 Å². The van der Waals surface area contributed by atoms with Crippen molar-refractivity contribution in [3.8, 4) is 0 Å². The topological polar surface area (TPSA) is 63.6 Å². The largest absolute Gasteiger partial charge is 0.480 e. The highest BCUT2D eigenvalue weighted by Gasteiger charge is 2.20. The van der Waals surface area contributed by atoms with E-state index in [1.807, 2.05) is 0 Å². The Morgan fingerprint density at radius 3 is 2.21 bits per heavy atom. The van der Waals surface area contributed by atoms with E-state index in [1.54, 1.807) is 6.92 Å². The number of hydrogen-bond acceptors (Lipinski definition) is 3. The van der Waals surface area contributed by atoms with Gasteiger partial charge in [-0.15, -0.1) is 0 Å². The first kappa shape index (κ1) is 13.9. The van der Waals surface area contributed by atoms with Crippen LogP contribution in [0, 0.1) is 0 Å². The van der Waals surface area contributed by atoms with E-state index in [0.717, 1.165) is 0 Å². The molecule has 0 fully saturated rings. The fourth-order valence-electron chi connectivity index (χ4n) is 0.767. The predicted octanol–water partition coefficient (Wildman–Crippen LogP) is 1.94. The SMILES string of the molecule is CCOC(=O)C(Br)CCC(Br)C(=O)O. The molecule has 0 aromatic carbocycles. The molecule has 0 aromatic heterocycles. The first-order valence-corrected chi connectivity index (χ1v) is 5.99. The highest BCUT2D eigenvalue weighted by molar-refractivity contribution is 9.10. The lowest BCUT2D eigenvalue weighted by Gasteiger charge is -2.09. The average molecular weight is 332 g/mol. The number of ether oxygens (including phenoxy) is 1. The fraction of sp³-hybridized carbons (Fsp3) is 0.750. The Bertz CT molecular complexity index is 208. The Morgan fingerprint density at radius 2 is 1.79 bits per heavy atom. The molecule has 0 heterocycles. The normalized spacial score (nSPS) is 14.5. The zero-order valence-corrected chi connectivity index (χ0v) is 10.9. The molecule has 0 aliphatic heterocycles. The third kappa shape index (κ3) is 5.59. The molecule has 0 bridgehead atoms. The van der Waals surface area contributed by atoms with Crippen LogP contribution in [0.4, 0.5) is 0 Å². The molecule has 0 radical (unpaired) electrons. The van der Waals surface area contributed by atoms with Crippen molar-refractivity contribution in [2.45, 2.75) is 29.4 Å². The quantitative estimate of drug-likeness (QED) is 0.596. The summed E-state index contributed by atoms with van der Waals surface area (Å²) < 4.78 is 4.75. The van der Waals surface area contributed by atoms with Gasteiger partial charge in [-0.25, -0.2) is 0 Å². The van der Waals surface area contributed by atoms with E-state index in [4.69, 9.17) is 9.84 Å². The molecule has 0 amide bonds. The van der Waals surface area contributed by atoms with Crippen LogP contribution in [-0.4, -0.2) is 33.3 Å². The van der Waals surface area contributed by atoms with Crippen LogP contribution in [0.5, 0.6) is 0 Å². The zero-order chi connectivity index (χ0) is 11.1. The molecule has 0 aliphatic rings. The minimum absolute atomic E-state index is 0.331. The molecule has 0 rings (SSSR count). The number of rotatable bonds is 6. The predicted molar refractivity (Wildman–Crippen MR) is 58.9 cm³/mol. The number of carbonyl (C=O) groups is 2. The van der Waals surface area contributed by atoms with Gasteiger partial charge in [0.1, 0.15) is 9.65 Å². The summed E-state index contributed by atoms with van der Waals surface area (Å²) in [4.78, 5) is 20.5. The molecule has 82 valence electrons. The molecule has 2 unspecified atom stereocenters. The molecular weight excluding hydrogens is 320 g/mol. The van der Waals surface area contributed by atoms with Crippen LogP contribution in [0.25, 0.3) is 0 Å². The van der Waals surface area contributed by atoms with Gasteiger partial charge in [-0.05, 0) is 19.8 Å². The van der Waals surface area contributed by atoms with Crippen molar-refractivity contribution in [1.29, 1.82) is 0 Å². The Labute approximate surface area is 99.3 Å². The van der Waals surface area contributed by atoms with Crippen LogP contribution in [0.1, 0.15) is 19.8 Å². The van der Waals surface area contributed by atoms with E-state index < -0.39 is 15.6 Å². The summed E-state index contributed by atoms with van der Waals surface area (Å²) in [6.45, 7) is 2.06. The summed E-state index contributed by atoms with van der Waals surface area (Å²) in [5.74, 6) is -1.27. The maximum atomic E-state index is 11.1. The Morgan fingerprint density at radius 1 is 1.29 bits per heavy atom. The van der Waals surface area contributed by atoms with Gasteiger partial charge in [-0.1, -0.05) is 31.9 Å². The molecule has 2 atom stereocenters. The maximum Gasteiger partial charge on any atom is 0.319 e. The molecule has 0 spiro atoms. The summed E-state index contributed by atoms with van der Waals surface area (Å²) in [7, 11) is 0. The van der Waals surface area contributed by atoms with Crippen LogP contribution in [0.2, 0.25) is 0 Å². The van der Waals surface area contributed by atoms with Crippen molar-refractivity contribution in [3.63, 3.8) is 0 Å². The Kier molecular flexibility index (Phi) is 7.17. The molecule has 4 nitrogen and oxygen atoms in total. The minimum atomic E-state index is -0.923. The highest BCUT2D eigenvalue weighted by atomic mass is 79.9. The van der Waals surface area contributed by atoms with Gasteiger partial charge < -0.3 is 9.84 Å². The third-order valence-corrected chi connectivity index (χ3v) is 3.17. The molecule has 1 N–H and O–H groups in total. The van der Waals surface area contributed by atoms with Gasteiger partial charge >= 0.3 is 11.9 Å². The number of halogens is 2. The van der Waals surface area contributed by atoms with Crippen molar-refractivity contribution in [2.24, 2.45) is 0 Å². The number of carboxylic acid groups (broad SMARTS) is 1. The van der Waals surface area contributed by atoms with E-state index in [1.165, 1.54) is 0 Å². The summed E-state index contributed by atoms with van der Waals surface area (Å²) in [5, 5.41) is 8.56. The third-order valence-electron chi connectivity index (χ3n) is 1.48. The lowest BCUT2D eigenvalue weighted by Crippen LogP contribution is -2.20. The van der Waals surface area contributed by atoms with Crippen molar-refractivity contribution < 1.29 is 19.4 Å². The second kappa shape index (κ2) is 7.23. The van der Waals surface area contributed by atoms with E-state index in [9.17, 15) is 9.59 Å². The molecule has 0 saturated heterocycles. The first-order valence-electron chi connectivity index (χ1n) is 4.16. The monoisotopic (exact) mass is 330 g/mol.